The first-order valence-corrected chi connectivity index (χ1v) is 12.3. The molecule has 1 aliphatic heterocycles. The molecule has 1 aliphatic rings. The fraction of sp³-hybridized carbons (Fsp3) is 0.148. The van der Waals surface area contributed by atoms with Crippen molar-refractivity contribution >= 4 is 52.2 Å². The quantitative estimate of drug-likeness (QED) is 0.210. The third-order valence-corrected chi connectivity index (χ3v) is 6.24. The Hall–Kier alpha value is -4.06. The van der Waals surface area contributed by atoms with Gasteiger partial charge in [-0.2, -0.15) is 0 Å². The van der Waals surface area contributed by atoms with E-state index >= 15 is 0 Å². The van der Waals surface area contributed by atoms with E-state index in [1.807, 2.05) is 36.4 Å². The van der Waals surface area contributed by atoms with Crippen LogP contribution in [0.25, 0.3) is 6.08 Å². The first-order valence-electron chi connectivity index (χ1n) is 11.2. The zero-order chi connectivity index (χ0) is 26.4. The van der Waals surface area contributed by atoms with Gasteiger partial charge in [0.2, 0.25) is 5.91 Å². The van der Waals surface area contributed by atoms with E-state index in [1.54, 1.807) is 30.3 Å². The Labute approximate surface area is 227 Å². The predicted molar refractivity (Wildman–Crippen MR) is 146 cm³/mol. The third-order valence-electron chi connectivity index (χ3n) is 5.43. The molecule has 0 aliphatic carbocycles. The van der Waals surface area contributed by atoms with Crippen LogP contribution in [0.4, 0.5) is 10.5 Å². The number of ether oxygens (including phenoxy) is 3. The minimum Gasteiger partial charge on any atom is -0.495 e. The largest absolute Gasteiger partial charge is 0.495 e. The van der Waals surface area contributed by atoms with Gasteiger partial charge in [-0.3, -0.25) is 9.59 Å². The summed E-state index contributed by atoms with van der Waals surface area (Å²) in [5, 5.41) is 5.19. The summed E-state index contributed by atoms with van der Waals surface area (Å²) in [5.41, 5.74) is 2.12. The van der Waals surface area contributed by atoms with Gasteiger partial charge in [0, 0.05) is 0 Å². The van der Waals surface area contributed by atoms with Gasteiger partial charge in [0.15, 0.2) is 11.5 Å². The molecule has 3 aromatic rings. The minimum atomic E-state index is -0.684. The fourth-order valence-electron chi connectivity index (χ4n) is 3.66. The summed E-state index contributed by atoms with van der Waals surface area (Å²) >= 11 is 2.13. The van der Waals surface area contributed by atoms with Crippen molar-refractivity contribution in [3.8, 4) is 17.2 Å². The van der Waals surface area contributed by atoms with Crippen LogP contribution in [0.1, 0.15) is 11.1 Å². The molecule has 0 spiro atoms. The molecule has 1 saturated heterocycles. The van der Waals surface area contributed by atoms with Gasteiger partial charge in [-0.15, -0.1) is 0 Å². The van der Waals surface area contributed by atoms with E-state index in [2.05, 4.69) is 33.2 Å². The number of carbonyl (C=O) groups excluding carboxylic acids is 3. The predicted octanol–water partition coefficient (Wildman–Crippen LogP) is 4.42. The third kappa shape index (κ3) is 6.20. The summed E-state index contributed by atoms with van der Waals surface area (Å²) in [7, 11) is 3.01. The van der Waals surface area contributed by atoms with Gasteiger partial charge in [0.1, 0.15) is 24.6 Å². The van der Waals surface area contributed by atoms with E-state index in [-0.39, 0.29) is 5.70 Å². The monoisotopic (exact) mass is 613 g/mol. The van der Waals surface area contributed by atoms with Crippen molar-refractivity contribution in [2.24, 2.45) is 0 Å². The van der Waals surface area contributed by atoms with Crippen molar-refractivity contribution in [2.75, 3.05) is 26.1 Å². The highest BCUT2D eigenvalue weighted by Gasteiger charge is 2.35. The number of para-hydroxylation sites is 2. The zero-order valence-electron chi connectivity index (χ0n) is 20.1. The molecule has 1 fully saturated rings. The fourth-order valence-corrected chi connectivity index (χ4v) is 4.44. The number of carbonyl (C=O) groups is 3. The molecule has 3 aromatic carbocycles. The number of methoxy groups -OCH3 is 2. The Kier molecular flexibility index (Phi) is 8.29. The second-order valence-corrected chi connectivity index (χ2v) is 9.10. The van der Waals surface area contributed by atoms with Crippen LogP contribution in [0, 0.1) is 3.57 Å². The van der Waals surface area contributed by atoms with Gasteiger partial charge in [0.05, 0.1) is 23.5 Å². The van der Waals surface area contributed by atoms with E-state index in [0.29, 0.717) is 35.1 Å². The number of halogens is 1. The number of urea groups is 1. The number of amides is 4. The first-order chi connectivity index (χ1) is 17.9. The van der Waals surface area contributed by atoms with E-state index in [1.165, 1.54) is 20.3 Å². The van der Waals surface area contributed by atoms with Crippen LogP contribution in [-0.4, -0.2) is 43.5 Å². The maximum Gasteiger partial charge on any atom is 0.329 e. The van der Waals surface area contributed by atoms with Gasteiger partial charge >= 0.3 is 6.03 Å². The van der Waals surface area contributed by atoms with Crippen molar-refractivity contribution in [1.29, 1.82) is 0 Å². The van der Waals surface area contributed by atoms with Gasteiger partial charge in [0.25, 0.3) is 5.91 Å². The summed E-state index contributed by atoms with van der Waals surface area (Å²) in [6, 6.07) is 19.4. The Morgan fingerprint density at radius 1 is 1.00 bits per heavy atom. The Bertz CT molecular complexity index is 1360. The molecule has 0 aromatic heterocycles. The molecule has 0 bridgehead atoms. The molecular weight excluding hydrogens is 589 g/mol. The van der Waals surface area contributed by atoms with E-state index in [0.717, 1.165) is 14.0 Å². The van der Waals surface area contributed by atoms with Gasteiger partial charge in [-0.1, -0.05) is 42.5 Å². The van der Waals surface area contributed by atoms with Crippen LogP contribution in [0.5, 0.6) is 17.2 Å². The molecule has 37 heavy (non-hydrogen) atoms. The van der Waals surface area contributed by atoms with Crippen LogP contribution in [0.15, 0.2) is 72.4 Å². The zero-order valence-corrected chi connectivity index (χ0v) is 22.3. The number of hydrogen-bond acceptors (Lipinski definition) is 6. The average Bonchev–Trinajstić information content (AvgIpc) is 3.15. The molecule has 4 amide bonds. The number of imide groups is 1. The summed E-state index contributed by atoms with van der Waals surface area (Å²) < 4.78 is 17.5. The maximum atomic E-state index is 12.9. The lowest BCUT2D eigenvalue weighted by Gasteiger charge is -2.14. The van der Waals surface area contributed by atoms with E-state index in [4.69, 9.17) is 14.2 Å². The molecule has 0 unspecified atom stereocenters. The summed E-state index contributed by atoms with van der Waals surface area (Å²) in [6.07, 6.45) is 1.53. The second-order valence-electron chi connectivity index (χ2n) is 7.94. The lowest BCUT2D eigenvalue weighted by atomic mass is 10.1. The molecule has 4 rings (SSSR count). The van der Waals surface area contributed by atoms with E-state index in [9.17, 15) is 14.4 Å². The van der Waals surface area contributed by atoms with Crippen molar-refractivity contribution in [2.45, 2.75) is 6.61 Å². The number of hydrogen-bond donors (Lipinski definition) is 2. The highest BCUT2D eigenvalue weighted by atomic mass is 127. The highest BCUT2D eigenvalue weighted by molar-refractivity contribution is 14.1. The lowest BCUT2D eigenvalue weighted by Crippen LogP contribution is -2.38. The van der Waals surface area contributed by atoms with Crippen LogP contribution in [0.3, 0.4) is 0 Å². The Morgan fingerprint density at radius 2 is 1.70 bits per heavy atom. The van der Waals surface area contributed by atoms with Crippen molar-refractivity contribution in [3.63, 3.8) is 0 Å². The molecule has 1 heterocycles. The van der Waals surface area contributed by atoms with Crippen LogP contribution in [0.2, 0.25) is 0 Å². The van der Waals surface area contributed by atoms with Gasteiger partial charge in [-0.25, -0.2) is 9.69 Å². The van der Waals surface area contributed by atoms with Gasteiger partial charge < -0.3 is 24.8 Å². The molecule has 2 N–H and O–H groups in total. The van der Waals surface area contributed by atoms with Crippen molar-refractivity contribution in [1.82, 2.24) is 10.2 Å². The molecule has 0 atom stereocenters. The lowest BCUT2D eigenvalue weighted by molar-refractivity contribution is -0.127. The standard InChI is InChI=1S/C27H24IN3O6/c1-35-22-11-7-6-10-20(22)29-24(32)15-31-26(33)21(30-27(31)34)13-18-12-19(28)25(23(14-18)36-2)37-16-17-8-4-3-5-9-17/h3-14H,15-16H2,1-2H3,(H,29,32)(H,30,34)/b21-13+. The second kappa shape index (κ2) is 11.8. The highest BCUT2D eigenvalue weighted by Crippen LogP contribution is 2.35. The number of anilines is 1. The SMILES string of the molecule is COc1ccccc1NC(=O)CN1C(=O)N/C(=C/c2cc(I)c(OCc3ccccc3)c(OC)c2)C1=O. The number of nitrogens with zero attached hydrogens (tertiary/aromatic N) is 1. The van der Waals surface area contributed by atoms with Gasteiger partial charge in [-0.05, 0) is 64.1 Å². The topological polar surface area (TPSA) is 106 Å². The molecular formula is C27H24IN3O6. The molecule has 10 heteroatoms. The molecule has 190 valence electrons. The van der Waals surface area contributed by atoms with E-state index < -0.39 is 24.4 Å². The average molecular weight is 613 g/mol. The van der Waals surface area contributed by atoms with Crippen LogP contribution < -0.4 is 24.8 Å². The molecule has 9 nitrogen and oxygen atoms in total. The summed E-state index contributed by atoms with van der Waals surface area (Å²) in [6.45, 7) is -0.0821. The summed E-state index contributed by atoms with van der Waals surface area (Å²) in [5.74, 6) is 0.377. The van der Waals surface area contributed by atoms with Crippen molar-refractivity contribution < 1.29 is 28.6 Å². The first kappa shape index (κ1) is 26.0. The number of benzene rings is 3. The molecule has 0 radical (unpaired) electrons. The Balaban J connectivity index is 1.47. The number of rotatable bonds is 9. The van der Waals surface area contributed by atoms with Crippen molar-refractivity contribution in [3.05, 3.63) is 87.1 Å². The summed E-state index contributed by atoms with van der Waals surface area (Å²) in [4.78, 5) is 38.7. The van der Waals surface area contributed by atoms with Crippen LogP contribution in [-0.2, 0) is 16.2 Å². The Morgan fingerprint density at radius 3 is 2.43 bits per heavy atom. The van der Waals surface area contributed by atoms with Crippen LogP contribution >= 0.6 is 22.6 Å². The minimum absolute atomic E-state index is 0.0471. The maximum absolute atomic E-state index is 12.9. The normalized spacial score (nSPS) is 13.9. The smallest absolute Gasteiger partial charge is 0.329 e. The molecule has 0 saturated carbocycles. The number of nitrogens with one attached hydrogen (secondary N) is 2.